The van der Waals surface area contributed by atoms with Crippen molar-refractivity contribution >= 4 is 61.0 Å². The van der Waals surface area contributed by atoms with Gasteiger partial charge in [-0.1, -0.05) is 0 Å². The molecule has 0 aliphatic rings. The zero-order chi connectivity index (χ0) is 3.58. The summed E-state index contributed by atoms with van der Waals surface area (Å²) in [5.41, 5.74) is 0. The molecule has 0 N–H and O–H groups in total. The average Bonchev–Trinajstić information content (AvgIpc) is 0.811. The maximum atomic E-state index is 8.33. The number of carbonyl (C=O) groups excluding carboxylic acids is 1. The Balaban J connectivity index is -0.0000000450. The van der Waals surface area contributed by atoms with Gasteiger partial charge in [-0.3, -0.25) is 0 Å². The molecule has 0 aromatic rings. The Morgan fingerprint density at radius 1 is 1.33 bits per heavy atom. The molecule has 3 nitrogen and oxygen atoms in total. The Morgan fingerprint density at radius 3 is 1.33 bits per heavy atom. The van der Waals surface area contributed by atoms with Crippen LogP contribution in [-0.2, 0) is 0 Å². The van der Waals surface area contributed by atoms with Crippen LogP contribution in [0.4, 0.5) is 4.79 Å². The molecule has 0 saturated carbocycles. The van der Waals surface area contributed by atoms with Crippen LogP contribution in [0, 0.1) is 0 Å². The molecule has 0 amide bonds. The Kier molecular flexibility index (Phi) is 24.7. The maximum absolute atomic E-state index is 8.33. The topological polar surface area (TPSA) is 63.2 Å². The predicted molar refractivity (Wildman–Crippen MR) is 19.7 cm³/mol. The van der Waals surface area contributed by atoms with Gasteiger partial charge in [0.05, 0.1) is 0 Å². The van der Waals surface area contributed by atoms with E-state index in [0.29, 0.717) is 0 Å². The van der Waals surface area contributed by atoms with E-state index in [1.54, 1.807) is 0 Å². The summed E-state index contributed by atoms with van der Waals surface area (Å²) in [6.45, 7) is 0. The van der Waals surface area contributed by atoms with Crippen LogP contribution in [0.1, 0.15) is 0 Å². The van der Waals surface area contributed by atoms with Gasteiger partial charge in [0.15, 0.2) is 0 Å². The number of rotatable bonds is 0. The van der Waals surface area contributed by atoms with Gasteiger partial charge in [-0.25, -0.2) is 0 Å². The molecule has 0 aliphatic carbocycles. The van der Waals surface area contributed by atoms with Gasteiger partial charge in [0.25, 0.3) is 0 Å². The summed E-state index contributed by atoms with van der Waals surface area (Å²) in [4.78, 5) is 8.33. The quantitative estimate of drug-likeness (QED) is 0.361. The fourth-order valence-electron chi connectivity index (χ4n) is 0. The second-order valence-electron chi connectivity index (χ2n) is 0.250. The number of carbonyl (C=O) groups is 1. The minimum atomic E-state index is -2.33. The summed E-state index contributed by atoms with van der Waals surface area (Å²) in [5.74, 6) is 0. The van der Waals surface area contributed by atoms with Crippen molar-refractivity contribution in [3.63, 3.8) is 0 Å². The third-order valence-electron chi connectivity index (χ3n) is 0. The van der Waals surface area contributed by atoms with Crippen LogP contribution in [0.5, 0.6) is 0 Å². The van der Waals surface area contributed by atoms with Gasteiger partial charge in [0.1, 0.15) is 0 Å². The Labute approximate surface area is 75.2 Å². The molecule has 0 fully saturated rings. The molecule has 6 heavy (non-hydrogen) atoms. The van der Waals surface area contributed by atoms with Crippen molar-refractivity contribution in [3.05, 3.63) is 0 Å². The average molecular weight is 181 g/mol. The molecule has 0 unspecified atom stereocenters. The van der Waals surface area contributed by atoms with E-state index in [0.717, 1.165) is 0 Å². The van der Waals surface area contributed by atoms with E-state index in [4.69, 9.17) is 15.0 Å². The molecule has 32 valence electrons. The summed E-state index contributed by atoms with van der Waals surface area (Å²) < 4.78 is 0. The molecule has 0 aromatic heterocycles. The summed E-state index contributed by atoms with van der Waals surface area (Å²) in [6.07, 6.45) is -2.33. The second kappa shape index (κ2) is 9.41. The summed E-state index contributed by atoms with van der Waals surface area (Å²) in [7, 11) is 0. The van der Waals surface area contributed by atoms with E-state index in [-0.39, 0.29) is 54.8 Å². The van der Waals surface area contributed by atoms with Crippen LogP contribution >= 0.6 is 0 Å². The first-order chi connectivity index (χ1) is 1.73. The third kappa shape index (κ3) is 75.2. The van der Waals surface area contributed by atoms with Crippen molar-refractivity contribution < 1.29 is 15.0 Å². The molecule has 0 heterocycles. The normalized spacial score (nSPS) is 4.00. The van der Waals surface area contributed by atoms with Crippen molar-refractivity contribution in [2.24, 2.45) is 0 Å². The zero-order valence-electron chi connectivity index (χ0n) is 2.93. The van der Waals surface area contributed by atoms with Gasteiger partial charge in [-0.15, -0.1) is 0 Å². The van der Waals surface area contributed by atoms with Crippen LogP contribution in [-0.4, -0.2) is 61.0 Å². The molecule has 0 aromatic carbocycles. The van der Waals surface area contributed by atoms with E-state index in [1.165, 1.54) is 0 Å². The Morgan fingerprint density at radius 2 is 1.33 bits per heavy atom. The number of carboxylic acid groups (broad SMARTS) is 2. The molecule has 0 spiro atoms. The monoisotopic (exact) mass is 182 g/mol. The standard InChI is InChI=1S/CH2O3.Ca.H2Se/c2-1(3)4;;/h(H2,2,3,4);;1H2/q;+2;/p-2. The minimum absolute atomic E-state index is 0. The van der Waals surface area contributed by atoms with E-state index >= 15 is 0 Å². The van der Waals surface area contributed by atoms with E-state index < -0.39 is 6.16 Å². The fourth-order valence-corrected chi connectivity index (χ4v) is 0. The summed E-state index contributed by atoms with van der Waals surface area (Å²) in [5, 5.41) is 16.7. The first-order valence-electron chi connectivity index (χ1n) is 0.612. The van der Waals surface area contributed by atoms with Crippen LogP contribution in [0.15, 0.2) is 0 Å². The molecule has 0 radical (unpaired) electrons. The molecular weight excluding hydrogens is 179 g/mol. The van der Waals surface area contributed by atoms with Gasteiger partial charge in [0, 0.05) is 0 Å². The van der Waals surface area contributed by atoms with Crippen molar-refractivity contribution in [1.82, 2.24) is 0 Å². The number of hydrogen-bond donors (Lipinski definition) is 0. The van der Waals surface area contributed by atoms with Crippen LogP contribution in [0.2, 0.25) is 0 Å². The molecule has 0 rings (SSSR count). The van der Waals surface area contributed by atoms with Crippen molar-refractivity contribution in [1.29, 1.82) is 0 Å². The summed E-state index contributed by atoms with van der Waals surface area (Å²) in [6, 6.07) is 0. The number of hydrogen-bond acceptors (Lipinski definition) is 3. The Hall–Kier alpha value is 1.05. The molecule has 0 saturated heterocycles. The first-order valence-corrected chi connectivity index (χ1v) is 0.612. The van der Waals surface area contributed by atoms with Crippen LogP contribution < -0.4 is 10.2 Å². The van der Waals surface area contributed by atoms with Crippen molar-refractivity contribution in [3.8, 4) is 0 Å². The molecular formula is CH2CaO3Se. The van der Waals surface area contributed by atoms with Crippen LogP contribution in [0.25, 0.3) is 0 Å². The van der Waals surface area contributed by atoms with E-state index in [2.05, 4.69) is 0 Å². The van der Waals surface area contributed by atoms with E-state index in [9.17, 15) is 0 Å². The molecule has 0 aliphatic heterocycles. The third-order valence-corrected chi connectivity index (χ3v) is 0. The van der Waals surface area contributed by atoms with Gasteiger partial charge < -0.3 is 15.0 Å². The molecule has 0 bridgehead atoms. The van der Waals surface area contributed by atoms with Gasteiger partial charge in [-0.2, -0.15) is 0 Å². The predicted octanol–water partition coefficient (Wildman–Crippen LogP) is -3.74. The van der Waals surface area contributed by atoms with E-state index in [1.807, 2.05) is 0 Å². The summed E-state index contributed by atoms with van der Waals surface area (Å²) >= 11 is 0. The zero-order valence-corrected chi connectivity index (χ0v) is 7.24. The van der Waals surface area contributed by atoms with Gasteiger partial charge in [-0.05, 0) is 6.16 Å². The van der Waals surface area contributed by atoms with Crippen molar-refractivity contribution in [2.75, 3.05) is 0 Å². The molecule has 0 atom stereocenters. The van der Waals surface area contributed by atoms with Gasteiger partial charge >= 0.3 is 54.8 Å². The second-order valence-corrected chi connectivity index (χ2v) is 0.250. The fraction of sp³-hybridized carbons (Fsp3) is 0. The SMILES string of the molecule is O=C([O-])[O-].[Ca+2].[SeH2]. The van der Waals surface area contributed by atoms with Gasteiger partial charge in [0.2, 0.25) is 0 Å². The first kappa shape index (κ1) is 15.7. The molecule has 5 heteroatoms. The van der Waals surface area contributed by atoms with Crippen LogP contribution in [0.3, 0.4) is 0 Å². The Bertz CT molecular complexity index is 33.8. The van der Waals surface area contributed by atoms with Crippen molar-refractivity contribution in [2.45, 2.75) is 0 Å².